The summed E-state index contributed by atoms with van der Waals surface area (Å²) >= 11 is 1.94. The van der Waals surface area contributed by atoms with Gasteiger partial charge in [0.15, 0.2) is 0 Å². The van der Waals surface area contributed by atoms with Gasteiger partial charge in [0, 0.05) is 28.4 Å². The standard InChI is InChI=1S/C16H30N2S/c1-7-9-17-11-15-10-14(13(3)19-15)12-18(6)16(4,5)8-2/h10,17H,7-9,11-12H2,1-6H3. The molecule has 0 spiro atoms. The summed E-state index contributed by atoms with van der Waals surface area (Å²) in [5, 5.41) is 3.48. The minimum absolute atomic E-state index is 0.273. The first-order chi connectivity index (χ1) is 8.90. The maximum absolute atomic E-state index is 3.48. The third-order valence-corrected chi connectivity index (χ3v) is 5.20. The number of nitrogens with zero attached hydrogens (tertiary/aromatic N) is 1. The van der Waals surface area contributed by atoms with Gasteiger partial charge in [-0.2, -0.15) is 0 Å². The summed E-state index contributed by atoms with van der Waals surface area (Å²) in [7, 11) is 2.23. The average Bonchev–Trinajstić information content (AvgIpc) is 2.70. The van der Waals surface area contributed by atoms with Crippen LogP contribution in [-0.2, 0) is 13.1 Å². The van der Waals surface area contributed by atoms with Crippen LogP contribution in [0.15, 0.2) is 6.07 Å². The summed E-state index contributed by atoms with van der Waals surface area (Å²) in [6.07, 6.45) is 2.38. The first-order valence-electron chi connectivity index (χ1n) is 7.40. The molecule has 0 aliphatic rings. The summed E-state index contributed by atoms with van der Waals surface area (Å²) in [5.74, 6) is 0. The molecule has 0 saturated heterocycles. The summed E-state index contributed by atoms with van der Waals surface area (Å²) in [6, 6.07) is 2.38. The Morgan fingerprint density at radius 1 is 1.32 bits per heavy atom. The Morgan fingerprint density at radius 3 is 2.58 bits per heavy atom. The molecule has 0 radical (unpaired) electrons. The van der Waals surface area contributed by atoms with Crippen molar-refractivity contribution >= 4 is 11.3 Å². The topological polar surface area (TPSA) is 15.3 Å². The van der Waals surface area contributed by atoms with Crippen molar-refractivity contribution < 1.29 is 0 Å². The zero-order valence-corrected chi connectivity index (χ0v) is 14.3. The van der Waals surface area contributed by atoms with Gasteiger partial charge < -0.3 is 5.32 Å². The number of nitrogens with one attached hydrogen (secondary N) is 1. The summed E-state index contributed by atoms with van der Waals surface area (Å²) in [5.41, 5.74) is 1.76. The van der Waals surface area contributed by atoms with Gasteiger partial charge in [0.1, 0.15) is 0 Å². The molecule has 1 rings (SSSR count). The number of thiophene rings is 1. The number of hydrogen-bond acceptors (Lipinski definition) is 3. The van der Waals surface area contributed by atoms with Crippen LogP contribution in [0.5, 0.6) is 0 Å². The molecule has 0 amide bonds. The van der Waals surface area contributed by atoms with Gasteiger partial charge in [0.05, 0.1) is 0 Å². The number of rotatable bonds is 8. The summed E-state index contributed by atoms with van der Waals surface area (Å²) in [6.45, 7) is 14.5. The quantitative estimate of drug-likeness (QED) is 0.720. The smallest absolute Gasteiger partial charge is 0.0299 e. The van der Waals surface area contributed by atoms with E-state index >= 15 is 0 Å². The van der Waals surface area contributed by atoms with Crippen LogP contribution < -0.4 is 5.32 Å². The fourth-order valence-electron chi connectivity index (χ4n) is 1.96. The van der Waals surface area contributed by atoms with Crippen LogP contribution >= 0.6 is 11.3 Å². The minimum atomic E-state index is 0.273. The first kappa shape index (κ1) is 16.7. The van der Waals surface area contributed by atoms with Crippen molar-refractivity contribution in [2.24, 2.45) is 0 Å². The van der Waals surface area contributed by atoms with E-state index in [0.29, 0.717) is 0 Å². The Balaban J connectivity index is 2.64. The molecule has 0 atom stereocenters. The van der Waals surface area contributed by atoms with Gasteiger partial charge in [-0.15, -0.1) is 11.3 Å². The second kappa shape index (κ2) is 7.41. The SMILES string of the molecule is CCCNCc1cc(CN(C)C(C)(C)CC)c(C)s1. The highest BCUT2D eigenvalue weighted by molar-refractivity contribution is 7.12. The molecule has 110 valence electrons. The second-order valence-corrected chi connectivity index (χ2v) is 7.33. The average molecular weight is 282 g/mol. The Kier molecular flexibility index (Phi) is 6.51. The molecule has 3 heteroatoms. The van der Waals surface area contributed by atoms with E-state index in [1.165, 1.54) is 28.2 Å². The molecule has 19 heavy (non-hydrogen) atoms. The van der Waals surface area contributed by atoms with E-state index in [4.69, 9.17) is 0 Å². The van der Waals surface area contributed by atoms with E-state index < -0.39 is 0 Å². The lowest BCUT2D eigenvalue weighted by molar-refractivity contribution is 0.143. The van der Waals surface area contributed by atoms with Crippen LogP contribution in [0.3, 0.4) is 0 Å². The van der Waals surface area contributed by atoms with Crippen molar-refractivity contribution in [1.29, 1.82) is 0 Å². The lowest BCUT2D eigenvalue weighted by Gasteiger charge is -2.34. The van der Waals surface area contributed by atoms with Gasteiger partial charge in [-0.1, -0.05) is 13.8 Å². The zero-order valence-electron chi connectivity index (χ0n) is 13.5. The second-order valence-electron chi connectivity index (χ2n) is 5.99. The van der Waals surface area contributed by atoms with Crippen molar-refractivity contribution in [2.45, 2.75) is 66.1 Å². The molecule has 1 heterocycles. The molecule has 0 aliphatic heterocycles. The maximum atomic E-state index is 3.48. The predicted molar refractivity (Wildman–Crippen MR) is 86.9 cm³/mol. The Morgan fingerprint density at radius 2 is 2.00 bits per heavy atom. The van der Waals surface area contributed by atoms with E-state index in [1.54, 1.807) is 0 Å². The third-order valence-electron chi connectivity index (χ3n) is 4.10. The Bertz CT molecular complexity index is 382. The van der Waals surface area contributed by atoms with E-state index in [-0.39, 0.29) is 5.54 Å². The number of aryl methyl sites for hydroxylation is 1. The molecule has 1 aromatic heterocycles. The fraction of sp³-hybridized carbons (Fsp3) is 0.750. The van der Waals surface area contributed by atoms with Crippen molar-refractivity contribution in [1.82, 2.24) is 10.2 Å². The lowest BCUT2D eigenvalue weighted by Crippen LogP contribution is -2.39. The van der Waals surface area contributed by atoms with Crippen LogP contribution in [0, 0.1) is 6.92 Å². The van der Waals surface area contributed by atoms with Crippen molar-refractivity contribution in [3.8, 4) is 0 Å². The van der Waals surface area contributed by atoms with Gasteiger partial charge in [-0.05, 0) is 58.8 Å². The van der Waals surface area contributed by atoms with Crippen LogP contribution in [0.4, 0.5) is 0 Å². The lowest BCUT2D eigenvalue weighted by atomic mass is 9.99. The minimum Gasteiger partial charge on any atom is -0.312 e. The van der Waals surface area contributed by atoms with Gasteiger partial charge in [0.25, 0.3) is 0 Å². The monoisotopic (exact) mass is 282 g/mol. The van der Waals surface area contributed by atoms with E-state index in [0.717, 1.165) is 19.6 Å². The van der Waals surface area contributed by atoms with E-state index in [2.05, 4.69) is 57.9 Å². The highest BCUT2D eigenvalue weighted by atomic mass is 32.1. The number of hydrogen-bond donors (Lipinski definition) is 1. The molecule has 0 fully saturated rings. The van der Waals surface area contributed by atoms with Crippen molar-refractivity contribution in [3.05, 3.63) is 21.4 Å². The van der Waals surface area contributed by atoms with Gasteiger partial charge in [-0.3, -0.25) is 4.90 Å². The summed E-state index contributed by atoms with van der Waals surface area (Å²) in [4.78, 5) is 5.39. The molecule has 1 aromatic rings. The molecular formula is C16H30N2S. The van der Waals surface area contributed by atoms with Gasteiger partial charge in [-0.25, -0.2) is 0 Å². The zero-order chi connectivity index (χ0) is 14.5. The van der Waals surface area contributed by atoms with Crippen LogP contribution in [-0.4, -0.2) is 24.0 Å². The Labute approximate surface area is 123 Å². The van der Waals surface area contributed by atoms with Crippen molar-refractivity contribution in [2.75, 3.05) is 13.6 Å². The maximum Gasteiger partial charge on any atom is 0.0299 e. The summed E-state index contributed by atoms with van der Waals surface area (Å²) < 4.78 is 0. The molecule has 1 N–H and O–H groups in total. The third kappa shape index (κ3) is 4.90. The molecule has 0 unspecified atom stereocenters. The molecule has 0 bridgehead atoms. The van der Waals surface area contributed by atoms with Crippen LogP contribution in [0.1, 0.15) is 55.9 Å². The van der Waals surface area contributed by atoms with E-state index in [9.17, 15) is 0 Å². The molecule has 2 nitrogen and oxygen atoms in total. The van der Waals surface area contributed by atoms with Crippen molar-refractivity contribution in [3.63, 3.8) is 0 Å². The normalized spacial score (nSPS) is 12.4. The highest BCUT2D eigenvalue weighted by Gasteiger charge is 2.22. The van der Waals surface area contributed by atoms with Gasteiger partial charge >= 0.3 is 0 Å². The van der Waals surface area contributed by atoms with E-state index in [1.807, 2.05) is 11.3 Å². The highest BCUT2D eigenvalue weighted by Crippen LogP contribution is 2.26. The predicted octanol–water partition coefficient (Wildman–Crippen LogP) is 4.18. The van der Waals surface area contributed by atoms with Crippen LogP contribution in [0.2, 0.25) is 0 Å². The largest absolute Gasteiger partial charge is 0.312 e. The Hall–Kier alpha value is -0.380. The molecule has 0 saturated carbocycles. The van der Waals surface area contributed by atoms with Crippen LogP contribution in [0.25, 0.3) is 0 Å². The molecule has 0 aromatic carbocycles. The first-order valence-corrected chi connectivity index (χ1v) is 8.22. The molecule has 0 aliphatic carbocycles. The van der Waals surface area contributed by atoms with Gasteiger partial charge in [0.2, 0.25) is 0 Å². The fourth-order valence-corrected chi connectivity index (χ4v) is 2.98. The molecular weight excluding hydrogens is 252 g/mol.